The first-order chi connectivity index (χ1) is 26.0. The molecule has 0 bridgehead atoms. The second kappa shape index (κ2) is 15.8. The predicted molar refractivity (Wildman–Crippen MR) is 190 cm³/mol. The van der Waals surface area contributed by atoms with Gasteiger partial charge in [-0.25, -0.2) is 17.4 Å². The molecule has 0 fully saturated rings. The van der Waals surface area contributed by atoms with E-state index < -0.39 is 91.5 Å². The van der Waals surface area contributed by atoms with Gasteiger partial charge >= 0.3 is 16.4 Å². The highest BCUT2D eigenvalue weighted by molar-refractivity contribution is 7.91. The molecule has 7 N–H and O–H groups in total. The average molecular weight is 876 g/mol. The molecule has 0 spiro atoms. The minimum absolute atomic E-state index is 0.0714. The Hall–Kier alpha value is -5.72. The van der Waals surface area contributed by atoms with Crippen LogP contribution < -0.4 is 10.6 Å². The van der Waals surface area contributed by atoms with Crippen molar-refractivity contribution in [1.82, 2.24) is 24.7 Å². The van der Waals surface area contributed by atoms with Crippen LogP contribution in [0.15, 0.2) is 91.6 Å². The predicted octanol–water partition coefficient (Wildman–Crippen LogP) is 3.10. The minimum Gasteiger partial charge on any atom is -0.492 e. The minimum atomic E-state index is -5.07. The fourth-order valence-corrected chi connectivity index (χ4v) is 7.17. The quantitative estimate of drug-likeness (QED) is 0.0586. The largest absolute Gasteiger partial charge is 0.492 e. The Labute approximate surface area is 319 Å². The van der Waals surface area contributed by atoms with Gasteiger partial charge in [0.25, 0.3) is 20.2 Å². The topological polar surface area (TPSA) is 369 Å². The van der Waals surface area contributed by atoms with E-state index in [1.807, 2.05) is 0 Å². The zero-order valence-electron chi connectivity index (χ0n) is 27.2. The number of carboxylic acid groups (broad SMARTS) is 1. The summed E-state index contributed by atoms with van der Waals surface area (Å²) in [5, 5.41) is 36.5. The average Bonchev–Trinajstić information content (AvgIpc) is 3.42. The Balaban J connectivity index is 1.37. The zero-order chi connectivity index (χ0) is 41.2. The Kier molecular flexibility index (Phi) is 11.7. The molecule has 29 heteroatoms. The molecule has 0 radical (unpaired) electrons. The number of azo groups is 1. The van der Waals surface area contributed by atoms with E-state index in [1.54, 1.807) is 0 Å². The van der Waals surface area contributed by atoms with E-state index in [9.17, 15) is 57.8 Å². The summed E-state index contributed by atoms with van der Waals surface area (Å²) >= 11 is 6.03. The van der Waals surface area contributed by atoms with Crippen LogP contribution in [0.2, 0.25) is 5.28 Å². The molecular weight excluding hydrogens is 854 g/mol. The maximum atomic E-state index is 12.4. The Morgan fingerprint density at radius 3 is 1.89 bits per heavy atom. The molecule has 0 aliphatic carbocycles. The molecule has 0 saturated carbocycles. The van der Waals surface area contributed by atoms with E-state index in [0.717, 1.165) is 36.4 Å². The van der Waals surface area contributed by atoms with Crippen molar-refractivity contribution in [3.63, 3.8) is 0 Å². The first kappa shape index (κ1) is 41.4. The summed E-state index contributed by atoms with van der Waals surface area (Å²) in [6.45, 7) is -0.827. The number of sulfone groups is 1. The third-order valence-electron chi connectivity index (χ3n) is 6.83. The lowest BCUT2D eigenvalue weighted by Gasteiger charge is -2.10. The van der Waals surface area contributed by atoms with Crippen molar-refractivity contribution in [3.05, 3.63) is 77.7 Å². The van der Waals surface area contributed by atoms with E-state index in [1.165, 1.54) is 30.3 Å². The molecule has 56 heavy (non-hydrogen) atoms. The highest BCUT2D eigenvalue weighted by Gasteiger charge is 2.25. The van der Waals surface area contributed by atoms with Crippen LogP contribution in [0.3, 0.4) is 0 Å². The second-order valence-corrected chi connectivity index (χ2v) is 17.0. The van der Waals surface area contributed by atoms with Gasteiger partial charge in [0, 0.05) is 11.4 Å². The zero-order valence-corrected chi connectivity index (χ0v) is 31.2. The van der Waals surface area contributed by atoms with Gasteiger partial charge in [0.1, 0.15) is 10.6 Å². The number of aromatic hydroxyl groups is 1. The molecule has 296 valence electrons. The van der Waals surface area contributed by atoms with E-state index in [4.69, 9.17) is 16.2 Å². The lowest BCUT2D eigenvalue weighted by atomic mass is 10.3. The molecule has 2 aromatic heterocycles. The number of carbonyl (C=O) groups is 1. The molecule has 0 aliphatic rings. The number of nitrogens with one attached hydrogen (secondary N) is 2. The highest BCUT2D eigenvalue weighted by atomic mass is 35.5. The standard InChI is InChI=1S/C27H22ClN9O15S4/c28-25-31-26(29-14-1-6-17(7-2-14)53(41,42)12-11-52-56(49,50)51)33-27(32-25)30-15-3-10-19(20(13-15)55(46,47)48)34-35-21-22(24(39)40)36-37(23(21)38)16-4-8-18(9-5-16)54(43,44)45/h1-10,13,38H,11-12H2,(H,39,40)(H,43,44,45)(H,46,47,48)(H,49,50,51)(H2,29,30,31,32,33). The number of halogens is 1. The summed E-state index contributed by atoms with van der Waals surface area (Å²) in [5.41, 5.74) is -2.08. The van der Waals surface area contributed by atoms with E-state index in [2.05, 4.69) is 45.1 Å². The van der Waals surface area contributed by atoms with Crippen LogP contribution in [0.1, 0.15) is 10.5 Å². The summed E-state index contributed by atoms with van der Waals surface area (Å²) < 4.78 is 126. The molecule has 5 aromatic rings. The number of hydrogen-bond donors (Lipinski definition) is 7. The molecule has 3 aromatic carbocycles. The maximum Gasteiger partial charge on any atom is 0.397 e. The molecule has 0 saturated heterocycles. The van der Waals surface area contributed by atoms with Gasteiger partial charge in [-0.15, -0.1) is 10.2 Å². The second-order valence-electron chi connectivity index (χ2n) is 10.7. The van der Waals surface area contributed by atoms with Gasteiger partial charge < -0.3 is 20.8 Å². The van der Waals surface area contributed by atoms with E-state index in [-0.39, 0.29) is 39.1 Å². The fourth-order valence-electron chi connectivity index (χ4n) is 4.39. The van der Waals surface area contributed by atoms with E-state index >= 15 is 0 Å². The van der Waals surface area contributed by atoms with Crippen LogP contribution >= 0.6 is 11.6 Å². The third-order valence-corrected chi connectivity index (χ3v) is 10.9. The maximum absolute atomic E-state index is 12.4. The van der Waals surface area contributed by atoms with Crippen molar-refractivity contribution >= 4 is 92.7 Å². The lowest BCUT2D eigenvalue weighted by molar-refractivity contribution is 0.0690. The van der Waals surface area contributed by atoms with Crippen LogP contribution in [-0.2, 0) is 44.7 Å². The van der Waals surface area contributed by atoms with Crippen molar-refractivity contribution in [1.29, 1.82) is 0 Å². The molecule has 2 heterocycles. The van der Waals surface area contributed by atoms with Gasteiger partial charge in [0.2, 0.25) is 28.8 Å². The first-order valence-corrected chi connectivity index (χ1v) is 20.8. The Morgan fingerprint density at radius 1 is 0.768 bits per heavy atom. The molecule has 0 atom stereocenters. The highest BCUT2D eigenvalue weighted by Crippen LogP contribution is 2.36. The monoisotopic (exact) mass is 875 g/mol. The van der Waals surface area contributed by atoms with Crippen molar-refractivity contribution in [2.24, 2.45) is 10.2 Å². The Bertz CT molecular complexity index is 2820. The van der Waals surface area contributed by atoms with Crippen LogP contribution in [0, 0.1) is 0 Å². The number of aromatic carboxylic acids is 1. The lowest BCUT2D eigenvalue weighted by Crippen LogP contribution is -2.15. The number of carboxylic acids is 1. The fraction of sp³-hybridized carbons (Fsp3) is 0.0741. The summed E-state index contributed by atoms with van der Waals surface area (Å²) in [6.07, 6.45) is 0. The van der Waals surface area contributed by atoms with Gasteiger partial charge in [0.15, 0.2) is 15.5 Å². The van der Waals surface area contributed by atoms with Crippen LogP contribution in [0.25, 0.3) is 5.69 Å². The van der Waals surface area contributed by atoms with Crippen molar-refractivity contribution in [3.8, 4) is 11.6 Å². The molecule has 24 nitrogen and oxygen atoms in total. The number of aromatic nitrogens is 5. The molecular formula is C27H22ClN9O15S4. The first-order valence-electron chi connectivity index (χ1n) is 14.6. The number of anilines is 4. The summed E-state index contributed by atoms with van der Waals surface area (Å²) in [7, 11) is -18.5. The van der Waals surface area contributed by atoms with Crippen LogP contribution in [-0.4, -0.2) is 101 Å². The molecule has 0 amide bonds. The van der Waals surface area contributed by atoms with Crippen molar-refractivity contribution in [2.75, 3.05) is 23.0 Å². The number of hydrogen-bond acceptors (Lipinski definition) is 19. The smallest absolute Gasteiger partial charge is 0.397 e. The third kappa shape index (κ3) is 10.3. The normalized spacial score (nSPS) is 12.5. The van der Waals surface area contributed by atoms with Crippen molar-refractivity contribution < 1.29 is 66.5 Å². The summed E-state index contributed by atoms with van der Waals surface area (Å²) in [6, 6.07) is 12.1. The summed E-state index contributed by atoms with van der Waals surface area (Å²) in [4.78, 5) is 22.2. The van der Waals surface area contributed by atoms with E-state index in [0.29, 0.717) is 4.68 Å². The SMILES string of the molecule is O=C(O)c1nn(-c2ccc(S(=O)(=O)O)cc2)c(O)c1N=Nc1ccc(Nc2nc(Cl)nc(Nc3ccc(S(=O)(=O)CCOS(=O)(=O)O)cc3)n2)cc1S(=O)(=O)O. The number of benzene rings is 3. The van der Waals surface area contributed by atoms with Gasteiger partial charge in [-0.2, -0.15) is 50.0 Å². The molecule has 5 rings (SSSR count). The molecule has 0 aliphatic heterocycles. The van der Waals surface area contributed by atoms with Gasteiger partial charge in [0.05, 0.1) is 27.8 Å². The van der Waals surface area contributed by atoms with Gasteiger partial charge in [-0.1, -0.05) is 0 Å². The Morgan fingerprint density at radius 2 is 1.34 bits per heavy atom. The van der Waals surface area contributed by atoms with Gasteiger partial charge in [-0.05, 0) is 78.3 Å². The number of nitrogens with zero attached hydrogens (tertiary/aromatic N) is 7. The van der Waals surface area contributed by atoms with Crippen LogP contribution in [0.5, 0.6) is 5.88 Å². The number of rotatable bonds is 15. The van der Waals surface area contributed by atoms with Gasteiger partial charge in [-0.3, -0.25) is 13.7 Å². The molecule has 0 unspecified atom stereocenters. The van der Waals surface area contributed by atoms with Crippen LogP contribution in [0.4, 0.5) is 34.6 Å². The summed E-state index contributed by atoms with van der Waals surface area (Å²) in [5.74, 6) is -3.83. The van der Waals surface area contributed by atoms with Crippen molar-refractivity contribution in [2.45, 2.75) is 14.7 Å².